The molecule has 0 radical (unpaired) electrons. The number of hydrogen-bond donors (Lipinski definition) is 1. The molecule has 0 aliphatic carbocycles. The molecule has 0 spiro atoms. The van der Waals surface area contributed by atoms with E-state index in [1.165, 1.54) is 199 Å². The van der Waals surface area contributed by atoms with Gasteiger partial charge in [-0.3, -0.25) is 9.59 Å². The highest BCUT2D eigenvalue weighted by Gasteiger charge is 2.25. The zero-order valence-corrected chi connectivity index (χ0v) is 45.7. The summed E-state index contributed by atoms with van der Waals surface area (Å²) in [5, 5.41) is 3.28. The number of nitrogens with zero attached hydrogens (tertiary/aromatic N) is 2. The van der Waals surface area contributed by atoms with E-state index in [4.69, 9.17) is 0 Å². The van der Waals surface area contributed by atoms with Crippen molar-refractivity contribution >= 4 is 11.8 Å². The van der Waals surface area contributed by atoms with Crippen molar-refractivity contribution in [1.82, 2.24) is 15.1 Å². The quantitative estimate of drug-likeness (QED) is 0.0488. The third-order valence-electron chi connectivity index (χ3n) is 13.2. The second-order valence-electron chi connectivity index (χ2n) is 20.2. The maximum atomic E-state index is 14.4. The Hall–Kier alpha value is -2.40. The second kappa shape index (κ2) is 54.5. The molecule has 0 unspecified atom stereocenters. The summed E-state index contributed by atoms with van der Waals surface area (Å²) in [5.41, 5.74) is 0. The Morgan fingerprint density at radius 1 is 0.373 bits per heavy atom. The lowest BCUT2D eigenvalue weighted by Gasteiger charge is -2.28. The van der Waals surface area contributed by atoms with E-state index in [-0.39, 0.29) is 11.8 Å². The van der Waals surface area contributed by atoms with E-state index in [2.05, 4.69) is 111 Å². The van der Waals surface area contributed by atoms with Crippen molar-refractivity contribution in [2.24, 2.45) is 0 Å². The van der Waals surface area contributed by atoms with Crippen molar-refractivity contribution in [2.75, 3.05) is 33.7 Å². The van der Waals surface area contributed by atoms with E-state index in [0.717, 1.165) is 77.4 Å². The molecular weight excluding hydrogens is 819 g/mol. The van der Waals surface area contributed by atoms with Crippen LogP contribution in [0.1, 0.15) is 284 Å². The van der Waals surface area contributed by atoms with E-state index in [0.29, 0.717) is 6.42 Å². The number of unbranched alkanes of at least 4 members (excludes halogenated alkanes) is 30. The van der Waals surface area contributed by atoms with Gasteiger partial charge in [0.2, 0.25) is 11.8 Å². The van der Waals surface area contributed by atoms with Crippen molar-refractivity contribution in [1.29, 1.82) is 0 Å². The van der Waals surface area contributed by atoms with Gasteiger partial charge in [0.05, 0.1) is 0 Å². The number of carbonyl (C=O) groups is 2. The molecule has 390 valence electrons. The highest BCUT2D eigenvalue weighted by Crippen LogP contribution is 2.16. The highest BCUT2D eigenvalue weighted by molar-refractivity contribution is 5.87. The van der Waals surface area contributed by atoms with Gasteiger partial charge >= 0.3 is 0 Å². The minimum Gasteiger partial charge on any atom is -0.344 e. The summed E-state index contributed by atoms with van der Waals surface area (Å²) in [4.78, 5) is 32.1. The molecule has 0 fully saturated rings. The fraction of sp³-hybridized carbons (Fsp3) is 0.806. The van der Waals surface area contributed by atoms with E-state index < -0.39 is 6.04 Å². The monoisotopic (exact) mass is 934 g/mol. The molecule has 1 N–H and O–H groups in total. The van der Waals surface area contributed by atoms with Gasteiger partial charge in [-0.05, 0) is 149 Å². The molecule has 0 rings (SSSR count). The van der Waals surface area contributed by atoms with Gasteiger partial charge in [-0.1, -0.05) is 210 Å². The van der Waals surface area contributed by atoms with Crippen LogP contribution in [0.5, 0.6) is 0 Å². The number of carbonyl (C=O) groups excluding carboxylic acids is 2. The molecule has 0 aliphatic rings. The Morgan fingerprint density at radius 3 is 1.09 bits per heavy atom. The van der Waals surface area contributed by atoms with Gasteiger partial charge in [-0.25, -0.2) is 0 Å². The van der Waals surface area contributed by atoms with Crippen LogP contribution < -0.4 is 5.32 Å². The summed E-state index contributed by atoms with van der Waals surface area (Å²) in [7, 11) is 4.22. The molecule has 0 aliphatic heterocycles. The first-order valence-electron chi connectivity index (χ1n) is 29.4. The summed E-state index contributed by atoms with van der Waals surface area (Å²) in [6.07, 6.45) is 72.3. The fourth-order valence-corrected chi connectivity index (χ4v) is 8.79. The van der Waals surface area contributed by atoms with E-state index in [1.54, 1.807) is 0 Å². The second-order valence-corrected chi connectivity index (χ2v) is 20.2. The Balaban J connectivity index is 4.98. The Labute approximate surface area is 419 Å². The maximum absolute atomic E-state index is 14.4. The van der Waals surface area contributed by atoms with Crippen molar-refractivity contribution in [3.8, 4) is 0 Å². The topological polar surface area (TPSA) is 52.7 Å². The molecule has 0 aromatic carbocycles. The van der Waals surface area contributed by atoms with Crippen molar-refractivity contribution in [3.05, 3.63) is 60.8 Å². The first kappa shape index (κ1) is 64.6. The lowest BCUT2D eigenvalue weighted by Crippen LogP contribution is -2.49. The van der Waals surface area contributed by atoms with Gasteiger partial charge in [0, 0.05) is 19.5 Å². The van der Waals surface area contributed by atoms with Gasteiger partial charge < -0.3 is 15.1 Å². The molecular formula is C62H115N3O2. The van der Waals surface area contributed by atoms with Gasteiger partial charge in [0.1, 0.15) is 6.04 Å². The Bertz CT molecular complexity index is 1140. The molecule has 0 saturated heterocycles. The van der Waals surface area contributed by atoms with Crippen LogP contribution in [0.3, 0.4) is 0 Å². The smallest absolute Gasteiger partial charge is 0.245 e. The van der Waals surface area contributed by atoms with Crippen molar-refractivity contribution in [2.45, 2.75) is 290 Å². The van der Waals surface area contributed by atoms with Crippen LogP contribution in [-0.2, 0) is 9.59 Å². The van der Waals surface area contributed by atoms with Crippen LogP contribution in [0.15, 0.2) is 60.8 Å². The fourth-order valence-electron chi connectivity index (χ4n) is 8.79. The van der Waals surface area contributed by atoms with Gasteiger partial charge in [0.15, 0.2) is 0 Å². The third-order valence-corrected chi connectivity index (χ3v) is 13.2. The minimum absolute atomic E-state index is 0.0611. The Morgan fingerprint density at radius 2 is 0.687 bits per heavy atom. The Kier molecular flexibility index (Phi) is 52.6. The molecule has 5 heteroatoms. The van der Waals surface area contributed by atoms with Crippen molar-refractivity contribution < 1.29 is 9.59 Å². The number of hydrogen-bond acceptors (Lipinski definition) is 3. The van der Waals surface area contributed by atoms with Crippen LogP contribution in [0, 0.1) is 0 Å². The van der Waals surface area contributed by atoms with Crippen LogP contribution in [0.4, 0.5) is 0 Å². The predicted octanol–water partition coefficient (Wildman–Crippen LogP) is 18.7. The number of amides is 2. The largest absolute Gasteiger partial charge is 0.344 e. The number of nitrogens with one attached hydrogen (secondary N) is 1. The zero-order chi connectivity index (χ0) is 48.8. The average molecular weight is 935 g/mol. The lowest BCUT2D eigenvalue weighted by atomic mass is 10.0. The zero-order valence-electron chi connectivity index (χ0n) is 45.7. The summed E-state index contributed by atoms with van der Waals surface area (Å²) >= 11 is 0. The van der Waals surface area contributed by atoms with E-state index in [1.807, 2.05) is 0 Å². The summed E-state index contributed by atoms with van der Waals surface area (Å²) in [5.74, 6) is 0.221. The van der Waals surface area contributed by atoms with E-state index in [9.17, 15) is 9.59 Å². The molecule has 0 bridgehead atoms. The first-order valence-corrected chi connectivity index (χ1v) is 29.4. The van der Waals surface area contributed by atoms with Crippen LogP contribution >= 0.6 is 0 Å². The predicted molar refractivity (Wildman–Crippen MR) is 299 cm³/mol. The third kappa shape index (κ3) is 49.8. The summed E-state index contributed by atoms with van der Waals surface area (Å²) in [6, 6.07) is -0.410. The molecule has 0 aromatic heterocycles. The maximum Gasteiger partial charge on any atom is 0.245 e. The van der Waals surface area contributed by atoms with E-state index >= 15 is 0 Å². The lowest BCUT2D eigenvalue weighted by molar-refractivity contribution is -0.137. The molecule has 67 heavy (non-hydrogen) atoms. The SMILES string of the molecule is CCCCC/C=C\C/C=C\CCCCCCCCN(CCCCCCCC/C=C\C/C=C\CCCCC)C(=O)[C@H](CCCCN(C)C)NC(=O)CCCCCCC/C=C\CCCCCCCC. The van der Waals surface area contributed by atoms with Crippen LogP contribution in [-0.4, -0.2) is 61.4 Å². The highest BCUT2D eigenvalue weighted by atomic mass is 16.2. The first-order chi connectivity index (χ1) is 33.0. The average Bonchev–Trinajstić information content (AvgIpc) is 3.32. The number of allylic oxidation sites excluding steroid dienone is 10. The standard InChI is InChI=1S/C62H115N3O2/c1-6-9-12-15-18-21-24-27-30-33-36-39-42-45-48-52-58-65(59-53-49-46-43-40-37-34-31-28-25-22-19-16-13-10-7-2)62(67)60(55-51-54-57-64(4)5)63-61(66)56-50-47-44-41-38-35-32-29-26-23-20-17-14-11-8-3/h18-19,21-22,27-32,60H,6-17,20,23-26,33-59H2,1-5H3,(H,63,66)/b21-18-,22-19-,30-27-,31-28-,32-29-/t60-/m0/s1. The summed E-state index contributed by atoms with van der Waals surface area (Å²) < 4.78 is 0. The van der Waals surface area contributed by atoms with Gasteiger partial charge in [-0.2, -0.15) is 0 Å². The molecule has 0 heterocycles. The van der Waals surface area contributed by atoms with Crippen LogP contribution in [0.25, 0.3) is 0 Å². The molecule has 0 aromatic rings. The normalized spacial score (nSPS) is 12.7. The molecule has 1 atom stereocenters. The minimum atomic E-state index is -0.410. The molecule has 5 nitrogen and oxygen atoms in total. The van der Waals surface area contributed by atoms with Crippen molar-refractivity contribution in [3.63, 3.8) is 0 Å². The number of rotatable bonds is 52. The molecule has 2 amide bonds. The van der Waals surface area contributed by atoms with Crippen LogP contribution in [0.2, 0.25) is 0 Å². The van der Waals surface area contributed by atoms with Gasteiger partial charge in [0.25, 0.3) is 0 Å². The van der Waals surface area contributed by atoms with Gasteiger partial charge in [-0.15, -0.1) is 0 Å². The summed E-state index contributed by atoms with van der Waals surface area (Å²) in [6.45, 7) is 9.44. The molecule has 0 saturated carbocycles.